The smallest absolute Gasteiger partial charge is 0.0864 e. The number of alkyl halides is 1. The number of halogens is 1. The molecule has 2 unspecified atom stereocenters. The summed E-state index contributed by atoms with van der Waals surface area (Å²) in [6.07, 6.45) is 6.74. The maximum atomic E-state index is 6.11. The molecule has 0 fully saturated rings. The third-order valence-corrected chi connectivity index (χ3v) is 4.04. The van der Waals surface area contributed by atoms with Crippen molar-refractivity contribution in [1.29, 1.82) is 0 Å². The van der Waals surface area contributed by atoms with Gasteiger partial charge in [0, 0.05) is 0 Å². The molecule has 0 saturated heterocycles. The number of fused-ring (bicyclic) bond motifs is 1. The van der Waals surface area contributed by atoms with E-state index in [0.29, 0.717) is 0 Å². The second-order valence-electron chi connectivity index (χ2n) is 4.89. The van der Waals surface area contributed by atoms with Crippen molar-refractivity contribution in [2.45, 2.75) is 37.2 Å². The number of benzene rings is 1. The first-order valence-electron chi connectivity index (χ1n) is 6.36. The van der Waals surface area contributed by atoms with Gasteiger partial charge in [-0.15, -0.1) is 11.6 Å². The van der Waals surface area contributed by atoms with E-state index in [-0.39, 0.29) is 11.5 Å². The minimum absolute atomic E-state index is 0.240. The van der Waals surface area contributed by atoms with E-state index in [1.165, 1.54) is 16.7 Å². The van der Waals surface area contributed by atoms with Crippen molar-refractivity contribution >= 4 is 11.6 Å². The van der Waals surface area contributed by atoms with Gasteiger partial charge in [0.1, 0.15) is 0 Å². The molecule has 1 nitrogen and oxygen atoms in total. The minimum atomic E-state index is 0.240. The standard InChI is InChI=1S/C15H17ClO/c16-13-6-5-11(9-13)10-15-14-4-2-1-3-12(14)7-8-17-15/h1-4,9,13,15H,5-8,10H2. The molecule has 0 radical (unpaired) electrons. The van der Waals surface area contributed by atoms with Crippen LogP contribution in [0.15, 0.2) is 35.9 Å². The Morgan fingerprint density at radius 3 is 2.94 bits per heavy atom. The number of allylic oxidation sites excluding steroid dienone is 1. The second kappa shape index (κ2) is 4.83. The Bertz CT molecular complexity index is 438. The quantitative estimate of drug-likeness (QED) is 0.568. The zero-order chi connectivity index (χ0) is 11.7. The molecule has 3 rings (SSSR count). The summed E-state index contributed by atoms with van der Waals surface area (Å²) < 4.78 is 5.92. The van der Waals surface area contributed by atoms with Crippen molar-refractivity contribution in [1.82, 2.24) is 0 Å². The molecule has 0 aromatic heterocycles. The van der Waals surface area contributed by atoms with Gasteiger partial charge in [-0.3, -0.25) is 0 Å². The average molecular weight is 249 g/mol. The molecule has 17 heavy (non-hydrogen) atoms. The van der Waals surface area contributed by atoms with Gasteiger partial charge < -0.3 is 4.74 Å². The molecule has 1 aromatic rings. The van der Waals surface area contributed by atoms with Crippen LogP contribution >= 0.6 is 11.6 Å². The lowest BCUT2D eigenvalue weighted by Gasteiger charge is -2.26. The van der Waals surface area contributed by atoms with E-state index in [9.17, 15) is 0 Å². The molecule has 0 amide bonds. The summed E-state index contributed by atoms with van der Waals surface area (Å²) in [6, 6.07) is 8.64. The average Bonchev–Trinajstić information content (AvgIpc) is 2.75. The van der Waals surface area contributed by atoms with Gasteiger partial charge in [0.25, 0.3) is 0 Å². The Balaban J connectivity index is 1.79. The highest BCUT2D eigenvalue weighted by Crippen LogP contribution is 2.35. The Labute approximate surface area is 107 Å². The molecule has 2 atom stereocenters. The van der Waals surface area contributed by atoms with Crippen molar-refractivity contribution in [2.24, 2.45) is 0 Å². The first-order valence-corrected chi connectivity index (χ1v) is 6.79. The summed E-state index contributed by atoms with van der Waals surface area (Å²) in [5.41, 5.74) is 4.29. The van der Waals surface area contributed by atoms with Gasteiger partial charge in [-0.1, -0.05) is 35.9 Å². The number of rotatable bonds is 2. The van der Waals surface area contributed by atoms with Gasteiger partial charge >= 0.3 is 0 Å². The fourth-order valence-electron chi connectivity index (χ4n) is 2.80. The molecule has 0 bridgehead atoms. The van der Waals surface area contributed by atoms with Crippen LogP contribution in [0.2, 0.25) is 0 Å². The van der Waals surface area contributed by atoms with Crippen LogP contribution in [0, 0.1) is 0 Å². The fraction of sp³-hybridized carbons (Fsp3) is 0.467. The Morgan fingerprint density at radius 1 is 1.24 bits per heavy atom. The van der Waals surface area contributed by atoms with E-state index in [1.807, 2.05) is 0 Å². The van der Waals surface area contributed by atoms with Crippen LogP contribution in [0.5, 0.6) is 0 Å². The molecule has 0 saturated carbocycles. The highest BCUT2D eigenvalue weighted by Gasteiger charge is 2.23. The van der Waals surface area contributed by atoms with E-state index in [1.54, 1.807) is 0 Å². The minimum Gasteiger partial charge on any atom is -0.373 e. The highest BCUT2D eigenvalue weighted by atomic mass is 35.5. The molecule has 2 aliphatic rings. The first-order chi connectivity index (χ1) is 8.33. The molecular formula is C15H17ClO. The SMILES string of the molecule is ClC1C=C(CC2OCCc3ccccc32)CC1. The lowest BCUT2D eigenvalue weighted by molar-refractivity contribution is 0.0424. The van der Waals surface area contributed by atoms with Crippen molar-refractivity contribution in [3.8, 4) is 0 Å². The third kappa shape index (κ3) is 2.41. The van der Waals surface area contributed by atoms with E-state index in [4.69, 9.17) is 16.3 Å². The van der Waals surface area contributed by atoms with Crippen LogP contribution in [0.1, 0.15) is 36.5 Å². The zero-order valence-electron chi connectivity index (χ0n) is 9.86. The van der Waals surface area contributed by atoms with Crippen LogP contribution in [0.4, 0.5) is 0 Å². The Kier molecular flexibility index (Phi) is 3.21. The summed E-state index contributed by atoms with van der Waals surface area (Å²) >= 11 is 6.11. The number of ether oxygens (including phenoxy) is 1. The van der Waals surface area contributed by atoms with Gasteiger partial charge in [0.2, 0.25) is 0 Å². The van der Waals surface area contributed by atoms with Crippen molar-refractivity contribution in [2.75, 3.05) is 6.61 Å². The van der Waals surface area contributed by atoms with Gasteiger partial charge in [-0.2, -0.15) is 0 Å². The predicted octanol–water partition coefficient (Wildman–Crippen LogP) is 4.02. The monoisotopic (exact) mass is 248 g/mol. The van der Waals surface area contributed by atoms with Gasteiger partial charge in [0.15, 0.2) is 0 Å². The maximum absolute atomic E-state index is 6.11. The van der Waals surface area contributed by atoms with Crippen LogP contribution in [0.25, 0.3) is 0 Å². The molecule has 1 heterocycles. The summed E-state index contributed by atoms with van der Waals surface area (Å²) in [5, 5.41) is 0.240. The molecule has 0 N–H and O–H groups in total. The van der Waals surface area contributed by atoms with Gasteiger partial charge in [-0.25, -0.2) is 0 Å². The maximum Gasteiger partial charge on any atom is 0.0864 e. The third-order valence-electron chi connectivity index (χ3n) is 3.70. The van der Waals surface area contributed by atoms with Crippen LogP contribution in [0.3, 0.4) is 0 Å². The summed E-state index contributed by atoms with van der Waals surface area (Å²) in [6.45, 7) is 0.846. The summed E-state index contributed by atoms with van der Waals surface area (Å²) in [4.78, 5) is 0. The molecule has 2 heteroatoms. The fourth-order valence-corrected chi connectivity index (χ4v) is 3.09. The molecule has 90 valence electrons. The Hall–Kier alpha value is -0.790. The largest absolute Gasteiger partial charge is 0.373 e. The topological polar surface area (TPSA) is 9.23 Å². The van der Waals surface area contributed by atoms with Gasteiger partial charge in [0.05, 0.1) is 18.1 Å². The number of hydrogen-bond acceptors (Lipinski definition) is 1. The lowest BCUT2D eigenvalue weighted by atomic mass is 9.93. The molecule has 1 aliphatic carbocycles. The van der Waals surface area contributed by atoms with Crippen LogP contribution in [-0.2, 0) is 11.2 Å². The van der Waals surface area contributed by atoms with Crippen LogP contribution < -0.4 is 0 Å². The molecular weight excluding hydrogens is 232 g/mol. The van der Waals surface area contributed by atoms with Crippen molar-refractivity contribution < 1.29 is 4.74 Å². The summed E-state index contributed by atoms with van der Waals surface area (Å²) in [5.74, 6) is 0. The van der Waals surface area contributed by atoms with E-state index < -0.39 is 0 Å². The van der Waals surface area contributed by atoms with E-state index in [2.05, 4.69) is 30.3 Å². The molecule has 0 spiro atoms. The predicted molar refractivity (Wildman–Crippen MR) is 70.4 cm³/mol. The highest BCUT2D eigenvalue weighted by molar-refractivity contribution is 6.22. The molecule has 1 aliphatic heterocycles. The van der Waals surface area contributed by atoms with Crippen LogP contribution in [-0.4, -0.2) is 12.0 Å². The zero-order valence-corrected chi connectivity index (χ0v) is 10.6. The Morgan fingerprint density at radius 2 is 2.12 bits per heavy atom. The van der Waals surface area contributed by atoms with Gasteiger partial charge in [-0.05, 0) is 36.8 Å². The molecule has 1 aromatic carbocycles. The first kappa shape index (κ1) is 11.3. The van der Waals surface area contributed by atoms with E-state index in [0.717, 1.165) is 32.3 Å². The van der Waals surface area contributed by atoms with E-state index >= 15 is 0 Å². The van der Waals surface area contributed by atoms with Crippen molar-refractivity contribution in [3.05, 3.63) is 47.0 Å². The number of hydrogen-bond donors (Lipinski definition) is 0. The summed E-state index contributed by atoms with van der Waals surface area (Å²) in [7, 11) is 0. The van der Waals surface area contributed by atoms with Crippen molar-refractivity contribution in [3.63, 3.8) is 0 Å². The lowest BCUT2D eigenvalue weighted by Crippen LogP contribution is -2.16. The second-order valence-corrected chi connectivity index (χ2v) is 5.45. The normalized spacial score (nSPS) is 27.7.